The number of nitrogens with one attached hydrogen (secondary N) is 1. The lowest BCUT2D eigenvalue weighted by Crippen LogP contribution is -2.40. The van der Waals surface area contributed by atoms with E-state index in [2.05, 4.69) is 9.97 Å². The molecule has 0 aromatic carbocycles. The fourth-order valence-electron chi connectivity index (χ4n) is 2.67. The summed E-state index contributed by atoms with van der Waals surface area (Å²) in [6.45, 7) is 6.81. The number of aromatic nitrogens is 2. The molecule has 5 nitrogen and oxygen atoms in total. The highest BCUT2D eigenvalue weighted by Crippen LogP contribution is 2.34. The molecule has 1 aliphatic heterocycles. The van der Waals surface area contributed by atoms with E-state index in [1.807, 2.05) is 13.8 Å². The maximum atomic E-state index is 12.4. The number of aromatic amines is 1. The molecule has 1 unspecified atom stereocenters. The van der Waals surface area contributed by atoms with Gasteiger partial charge in [-0.2, -0.15) is 0 Å². The lowest BCUT2D eigenvalue weighted by molar-refractivity contribution is -0.144. The van der Waals surface area contributed by atoms with Crippen molar-refractivity contribution in [3.63, 3.8) is 0 Å². The van der Waals surface area contributed by atoms with E-state index < -0.39 is 5.41 Å². The lowest BCUT2D eigenvalue weighted by Gasteiger charge is -2.23. The van der Waals surface area contributed by atoms with E-state index in [9.17, 15) is 9.59 Å². The molecule has 1 aromatic heterocycles. The first-order valence-corrected chi connectivity index (χ1v) is 6.76. The minimum absolute atomic E-state index is 0.0225. The van der Waals surface area contributed by atoms with Crippen LogP contribution in [0.1, 0.15) is 32.9 Å². The third-order valence-corrected chi connectivity index (χ3v) is 3.92. The van der Waals surface area contributed by atoms with Gasteiger partial charge in [-0.25, -0.2) is 4.98 Å². The van der Waals surface area contributed by atoms with Gasteiger partial charge in [0.25, 0.3) is 0 Å². The molecule has 1 atom stereocenters. The molecule has 5 heteroatoms. The number of imidazole rings is 1. The zero-order valence-corrected chi connectivity index (χ0v) is 11.8. The lowest BCUT2D eigenvalue weighted by atomic mass is 9.79. The predicted molar refractivity (Wildman–Crippen MR) is 71.4 cm³/mol. The summed E-state index contributed by atoms with van der Waals surface area (Å²) in [6, 6.07) is 0. The maximum absolute atomic E-state index is 12.4. The quantitative estimate of drug-likeness (QED) is 0.817. The Labute approximate surface area is 113 Å². The highest BCUT2D eigenvalue weighted by molar-refractivity contribution is 6.07. The summed E-state index contributed by atoms with van der Waals surface area (Å²) in [6.07, 6.45) is 4.77. The summed E-state index contributed by atoms with van der Waals surface area (Å²) in [5.41, 5.74) is 0.193. The molecule has 19 heavy (non-hydrogen) atoms. The van der Waals surface area contributed by atoms with E-state index >= 15 is 0 Å². The number of likely N-dealkylation sites (tertiary alicyclic amines) is 1. The molecular weight excluding hydrogens is 242 g/mol. The van der Waals surface area contributed by atoms with Crippen LogP contribution in [0, 0.1) is 11.3 Å². The molecule has 0 saturated carbocycles. The van der Waals surface area contributed by atoms with Gasteiger partial charge in [0.15, 0.2) is 5.78 Å². The van der Waals surface area contributed by atoms with Crippen molar-refractivity contribution in [2.75, 3.05) is 13.1 Å². The fraction of sp³-hybridized carbons (Fsp3) is 0.643. The number of carbonyl (C=O) groups excluding carboxylic acids is 2. The third-order valence-electron chi connectivity index (χ3n) is 3.92. The summed E-state index contributed by atoms with van der Waals surface area (Å²) < 4.78 is 0. The number of ketones is 1. The number of H-pyrrole nitrogens is 1. The largest absolute Gasteiger partial charge is 0.348 e. The Kier molecular flexibility index (Phi) is 3.73. The Morgan fingerprint density at radius 3 is 2.89 bits per heavy atom. The summed E-state index contributed by atoms with van der Waals surface area (Å²) >= 11 is 0. The average molecular weight is 263 g/mol. The summed E-state index contributed by atoms with van der Waals surface area (Å²) in [4.78, 5) is 33.4. The van der Waals surface area contributed by atoms with E-state index in [0.29, 0.717) is 19.5 Å². The third kappa shape index (κ3) is 2.55. The van der Waals surface area contributed by atoms with Crippen molar-refractivity contribution in [2.45, 2.75) is 33.6 Å². The van der Waals surface area contributed by atoms with Gasteiger partial charge in [0, 0.05) is 37.3 Å². The molecule has 2 heterocycles. The normalized spacial score (nSPS) is 23.4. The van der Waals surface area contributed by atoms with E-state index in [1.165, 1.54) is 0 Å². The van der Waals surface area contributed by atoms with Crippen LogP contribution in [-0.2, 0) is 16.0 Å². The summed E-state index contributed by atoms with van der Waals surface area (Å²) in [5, 5.41) is 0. The van der Waals surface area contributed by atoms with Crippen LogP contribution < -0.4 is 0 Å². The molecule has 0 spiro atoms. The van der Waals surface area contributed by atoms with Crippen molar-refractivity contribution in [1.29, 1.82) is 0 Å². The van der Waals surface area contributed by atoms with E-state index in [4.69, 9.17) is 0 Å². The van der Waals surface area contributed by atoms with Gasteiger partial charge in [-0.05, 0) is 13.3 Å². The molecule has 0 bridgehead atoms. The van der Waals surface area contributed by atoms with Crippen LogP contribution in [0.2, 0.25) is 0 Å². The second kappa shape index (κ2) is 5.15. The van der Waals surface area contributed by atoms with E-state index in [-0.39, 0.29) is 17.6 Å². The smallest absolute Gasteiger partial charge is 0.236 e. The monoisotopic (exact) mass is 263 g/mol. The molecular formula is C14H21N3O2. The van der Waals surface area contributed by atoms with Crippen LogP contribution in [0.3, 0.4) is 0 Å². The van der Waals surface area contributed by atoms with Crippen LogP contribution in [-0.4, -0.2) is 39.6 Å². The first-order chi connectivity index (χ1) is 8.95. The minimum Gasteiger partial charge on any atom is -0.348 e. The highest BCUT2D eigenvalue weighted by Gasteiger charge is 2.48. The Hall–Kier alpha value is -1.65. The molecule has 1 saturated heterocycles. The minimum atomic E-state index is -0.817. The van der Waals surface area contributed by atoms with Crippen molar-refractivity contribution >= 4 is 11.7 Å². The average Bonchev–Trinajstić information content (AvgIpc) is 2.98. The van der Waals surface area contributed by atoms with E-state index in [1.54, 1.807) is 24.3 Å². The van der Waals surface area contributed by atoms with Gasteiger partial charge in [-0.1, -0.05) is 13.8 Å². The second-order valence-corrected chi connectivity index (χ2v) is 5.72. The molecule has 1 amide bonds. The van der Waals surface area contributed by atoms with Gasteiger partial charge in [0.05, 0.1) is 6.33 Å². The Balaban J connectivity index is 1.99. The van der Waals surface area contributed by atoms with Crippen molar-refractivity contribution in [2.24, 2.45) is 11.3 Å². The Morgan fingerprint density at radius 1 is 1.58 bits per heavy atom. The second-order valence-electron chi connectivity index (χ2n) is 5.72. The number of hydrogen-bond acceptors (Lipinski definition) is 3. The van der Waals surface area contributed by atoms with Crippen LogP contribution in [0.25, 0.3) is 0 Å². The Morgan fingerprint density at radius 2 is 2.32 bits per heavy atom. The van der Waals surface area contributed by atoms with Gasteiger partial charge in [0.1, 0.15) is 5.41 Å². The zero-order chi connectivity index (χ0) is 14.0. The number of carbonyl (C=O) groups is 2. The van der Waals surface area contributed by atoms with Crippen molar-refractivity contribution < 1.29 is 9.59 Å². The van der Waals surface area contributed by atoms with Crippen LogP contribution in [0.4, 0.5) is 0 Å². The molecule has 1 fully saturated rings. The topological polar surface area (TPSA) is 66.1 Å². The fourth-order valence-corrected chi connectivity index (χ4v) is 2.67. The van der Waals surface area contributed by atoms with Gasteiger partial charge in [0.2, 0.25) is 5.91 Å². The molecule has 104 valence electrons. The van der Waals surface area contributed by atoms with Gasteiger partial charge in [-0.3, -0.25) is 9.59 Å². The Bertz CT molecular complexity index is 467. The number of rotatable bonds is 5. The van der Waals surface area contributed by atoms with Crippen molar-refractivity contribution in [3.8, 4) is 0 Å². The molecule has 0 aliphatic carbocycles. The van der Waals surface area contributed by atoms with Crippen molar-refractivity contribution in [3.05, 3.63) is 18.2 Å². The van der Waals surface area contributed by atoms with Crippen LogP contribution >= 0.6 is 0 Å². The van der Waals surface area contributed by atoms with Crippen LogP contribution in [0.5, 0.6) is 0 Å². The highest BCUT2D eigenvalue weighted by atomic mass is 16.2. The predicted octanol–water partition coefficient (Wildman–Crippen LogP) is 1.42. The first kappa shape index (κ1) is 13.8. The number of amides is 1. The van der Waals surface area contributed by atoms with Gasteiger partial charge < -0.3 is 9.88 Å². The molecule has 1 N–H and O–H groups in total. The number of Topliss-reactive ketones (excluding diaryl/α,β-unsaturated/α-hetero) is 1. The molecule has 2 rings (SSSR count). The number of hydrogen-bond donors (Lipinski definition) is 1. The van der Waals surface area contributed by atoms with Crippen molar-refractivity contribution in [1.82, 2.24) is 14.9 Å². The maximum Gasteiger partial charge on any atom is 0.236 e. The zero-order valence-electron chi connectivity index (χ0n) is 11.8. The summed E-state index contributed by atoms with van der Waals surface area (Å²) in [5.74, 6) is -0.0613. The van der Waals surface area contributed by atoms with Crippen LogP contribution in [0.15, 0.2) is 12.5 Å². The van der Waals surface area contributed by atoms with E-state index in [0.717, 1.165) is 12.1 Å². The molecule has 1 aromatic rings. The first-order valence-electron chi connectivity index (χ1n) is 6.76. The molecule has 0 radical (unpaired) electrons. The standard InChI is InChI=1S/C14H21N3O2/c1-10(2)12(18)14(3)5-7-17(13(14)19)6-4-11-8-15-9-16-11/h8-10H,4-7H2,1-3H3,(H,15,16). The summed E-state index contributed by atoms with van der Waals surface area (Å²) in [7, 11) is 0. The number of nitrogens with zero attached hydrogens (tertiary/aromatic N) is 2. The van der Waals surface area contributed by atoms with Gasteiger partial charge >= 0.3 is 0 Å². The SMILES string of the molecule is CC(C)C(=O)C1(C)CCN(CCc2cnc[nH]2)C1=O. The van der Waals surface area contributed by atoms with Gasteiger partial charge in [-0.15, -0.1) is 0 Å². The molecule has 1 aliphatic rings.